The van der Waals surface area contributed by atoms with Crippen LogP contribution in [0.25, 0.3) is 0 Å². The predicted octanol–water partition coefficient (Wildman–Crippen LogP) is 3.36. The Morgan fingerprint density at radius 2 is 1.00 bits per heavy atom. The summed E-state index contributed by atoms with van der Waals surface area (Å²) >= 11 is 0. The van der Waals surface area contributed by atoms with Crippen LogP contribution in [0.5, 0.6) is 0 Å². The van der Waals surface area contributed by atoms with Crippen LogP contribution in [-0.4, -0.2) is 19.3 Å². The van der Waals surface area contributed by atoms with Crippen molar-refractivity contribution in [2.45, 2.75) is 51.0 Å². The second-order valence-corrected chi connectivity index (χ2v) is 9.08. The standard InChI is InChI=1S/C28H36N4O2/c1-29-21-31(19-25(29)27(33)23-13-7-5-8-14-23)17-11-3-4-12-18-32-20-26(30(2)22-32)28(34)24-15-9-6-10-16-24/h5-10,13-16,19-22,27-28,33-34H,3-4,11-12,17-18H2,1-2H3/q+2/t27-,28-/m0/s1. The van der Waals surface area contributed by atoms with Gasteiger partial charge >= 0.3 is 0 Å². The van der Waals surface area contributed by atoms with Gasteiger partial charge in [-0.1, -0.05) is 60.7 Å². The number of rotatable bonds is 11. The summed E-state index contributed by atoms with van der Waals surface area (Å²) in [5.41, 5.74) is 3.63. The molecular weight excluding hydrogens is 424 g/mol. The molecule has 6 nitrogen and oxygen atoms in total. The van der Waals surface area contributed by atoms with Gasteiger partial charge in [0.2, 0.25) is 12.7 Å². The number of aryl methyl sites for hydroxylation is 4. The average Bonchev–Trinajstić information content (AvgIpc) is 3.43. The number of aliphatic hydroxyl groups excluding tert-OH is 2. The number of hydrogen-bond acceptors (Lipinski definition) is 2. The van der Waals surface area contributed by atoms with Crippen LogP contribution in [0.2, 0.25) is 0 Å². The summed E-state index contributed by atoms with van der Waals surface area (Å²) in [6.45, 7) is 1.89. The van der Waals surface area contributed by atoms with Crippen molar-refractivity contribution < 1.29 is 19.3 Å². The van der Waals surface area contributed by atoms with Crippen molar-refractivity contribution in [2.24, 2.45) is 14.1 Å². The number of aliphatic hydroxyl groups is 2. The molecule has 0 aliphatic heterocycles. The lowest BCUT2D eigenvalue weighted by atomic mass is 10.1. The molecule has 2 N–H and O–H groups in total. The molecule has 0 amide bonds. The van der Waals surface area contributed by atoms with Gasteiger partial charge in [-0.3, -0.25) is 0 Å². The molecule has 34 heavy (non-hydrogen) atoms. The summed E-state index contributed by atoms with van der Waals surface area (Å²) in [5, 5.41) is 21.4. The quantitative estimate of drug-likeness (QED) is 0.266. The van der Waals surface area contributed by atoms with E-state index >= 15 is 0 Å². The number of benzene rings is 2. The number of imidazole rings is 2. The predicted molar refractivity (Wildman–Crippen MR) is 131 cm³/mol. The van der Waals surface area contributed by atoms with Crippen LogP contribution in [0.1, 0.15) is 60.4 Å². The zero-order valence-corrected chi connectivity index (χ0v) is 20.2. The molecule has 4 rings (SSSR count). The van der Waals surface area contributed by atoms with Crippen molar-refractivity contribution >= 4 is 0 Å². The van der Waals surface area contributed by atoms with Crippen LogP contribution >= 0.6 is 0 Å². The third-order valence-electron chi connectivity index (χ3n) is 6.43. The molecule has 2 atom stereocenters. The Kier molecular flexibility index (Phi) is 7.93. The Hall–Kier alpha value is -3.22. The second kappa shape index (κ2) is 11.3. The Labute approximate surface area is 202 Å². The van der Waals surface area contributed by atoms with Crippen LogP contribution in [0.3, 0.4) is 0 Å². The molecule has 0 saturated carbocycles. The number of unbranched alkanes of at least 4 members (excludes halogenated alkanes) is 3. The fraction of sp³-hybridized carbons (Fsp3) is 0.357. The van der Waals surface area contributed by atoms with Gasteiger partial charge < -0.3 is 10.2 Å². The summed E-state index contributed by atoms with van der Waals surface area (Å²) in [6, 6.07) is 19.6. The third-order valence-corrected chi connectivity index (χ3v) is 6.43. The van der Waals surface area contributed by atoms with Crippen molar-refractivity contribution in [2.75, 3.05) is 0 Å². The first-order chi connectivity index (χ1) is 16.5. The highest BCUT2D eigenvalue weighted by Crippen LogP contribution is 2.21. The first kappa shape index (κ1) is 23.9. The van der Waals surface area contributed by atoms with Gasteiger partial charge in [0.1, 0.15) is 24.6 Å². The highest BCUT2D eigenvalue weighted by Gasteiger charge is 2.21. The van der Waals surface area contributed by atoms with Crippen LogP contribution in [0.15, 0.2) is 85.7 Å². The topological polar surface area (TPSA) is 58.1 Å². The summed E-state index contributed by atoms with van der Waals surface area (Å²) in [5.74, 6) is 0. The van der Waals surface area contributed by atoms with E-state index in [1.807, 2.05) is 83.9 Å². The van der Waals surface area contributed by atoms with Crippen molar-refractivity contribution in [1.29, 1.82) is 0 Å². The summed E-state index contributed by atoms with van der Waals surface area (Å²) in [6.07, 6.45) is 11.5. The Morgan fingerprint density at radius 3 is 1.38 bits per heavy atom. The molecule has 0 aliphatic carbocycles. The number of hydrogen-bond donors (Lipinski definition) is 2. The van der Waals surface area contributed by atoms with Crippen molar-refractivity contribution in [1.82, 2.24) is 9.13 Å². The van der Waals surface area contributed by atoms with E-state index in [4.69, 9.17) is 0 Å². The van der Waals surface area contributed by atoms with E-state index in [-0.39, 0.29) is 0 Å². The smallest absolute Gasteiger partial charge is 0.243 e. The van der Waals surface area contributed by atoms with E-state index in [0.29, 0.717) is 0 Å². The summed E-state index contributed by atoms with van der Waals surface area (Å²) in [4.78, 5) is 0. The minimum Gasteiger partial charge on any atom is -0.380 e. The number of aromatic nitrogens is 4. The highest BCUT2D eigenvalue weighted by molar-refractivity contribution is 5.24. The minimum absolute atomic E-state index is 0.611. The average molecular weight is 461 g/mol. The van der Waals surface area contributed by atoms with Gasteiger partial charge in [-0.05, 0) is 36.8 Å². The molecular formula is C28H36N4O2+2. The summed E-state index contributed by atoms with van der Waals surface area (Å²) in [7, 11) is 3.97. The van der Waals surface area contributed by atoms with E-state index < -0.39 is 12.2 Å². The molecule has 0 fully saturated rings. The molecule has 6 heteroatoms. The molecule has 0 unspecified atom stereocenters. The number of nitrogens with zero attached hydrogens (tertiary/aromatic N) is 4. The van der Waals surface area contributed by atoms with E-state index in [1.54, 1.807) is 0 Å². The van der Waals surface area contributed by atoms with E-state index in [9.17, 15) is 10.2 Å². The Bertz CT molecular complexity index is 1070. The van der Waals surface area contributed by atoms with Crippen LogP contribution in [0.4, 0.5) is 0 Å². The molecule has 0 spiro atoms. The van der Waals surface area contributed by atoms with Crippen molar-refractivity contribution in [3.8, 4) is 0 Å². The Morgan fingerprint density at radius 1 is 0.618 bits per heavy atom. The first-order valence-corrected chi connectivity index (χ1v) is 12.1. The maximum absolute atomic E-state index is 10.7. The van der Waals surface area contributed by atoms with E-state index in [0.717, 1.165) is 61.3 Å². The zero-order valence-electron chi connectivity index (χ0n) is 20.2. The molecule has 178 valence electrons. The lowest BCUT2D eigenvalue weighted by Crippen LogP contribution is -2.31. The molecule has 0 aliphatic rings. The third kappa shape index (κ3) is 5.82. The normalized spacial score (nSPS) is 13.2. The van der Waals surface area contributed by atoms with Crippen molar-refractivity contribution in [3.05, 3.63) is 108 Å². The molecule has 2 aromatic carbocycles. The minimum atomic E-state index is -0.611. The zero-order chi connectivity index (χ0) is 23.9. The molecule has 4 aromatic rings. The van der Waals surface area contributed by atoms with Gasteiger partial charge in [-0.25, -0.2) is 18.3 Å². The van der Waals surface area contributed by atoms with Gasteiger partial charge in [-0.15, -0.1) is 0 Å². The molecule has 2 aromatic heterocycles. The lowest BCUT2D eigenvalue weighted by molar-refractivity contribution is -0.698. The van der Waals surface area contributed by atoms with Crippen molar-refractivity contribution in [3.63, 3.8) is 0 Å². The largest absolute Gasteiger partial charge is 0.380 e. The highest BCUT2D eigenvalue weighted by atomic mass is 16.3. The Balaban J connectivity index is 1.21. The molecule has 0 bridgehead atoms. The van der Waals surface area contributed by atoms with Crippen LogP contribution in [-0.2, 0) is 27.2 Å². The molecule has 0 radical (unpaired) electrons. The van der Waals surface area contributed by atoms with Gasteiger partial charge in [-0.2, -0.15) is 0 Å². The van der Waals surface area contributed by atoms with Crippen LogP contribution < -0.4 is 9.13 Å². The maximum Gasteiger partial charge on any atom is 0.243 e. The van der Waals surface area contributed by atoms with Crippen LogP contribution in [0, 0.1) is 0 Å². The SMILES string of the molecule is Cn1c[n+](CCCCCC[n+]2cc([C@@H](O)c3ccccc3)n(C)c2)cc1[C@@H](O)c1ccccc1. The van der Waals surface area contributed by atoms with E-state index in [2.05, 4.69) is 34.2 Å². The lowest BCUT2D eigenvalue weighted by Gasteiger charge is -2.07. The van der Waals surface area contributed by atoms with Gasteiger partial charge in [0, 0.05) is 0 Å². The monoisotopic (exact) mass is 460 g/mol. The molecule has 0 saturated heterocycles. The maximum atomic E-state index is 10.7. The second-order valence-electron chi connectivity index (χ2n) is 9.08. The van der Waals surface area contributed by atoms with E-state index in [1.165, 1.54) is 0 Å². The fourth-order valence-corrected chi connectivity index (χ4v) is 4.49. The van der Waals surface area contributed by atoms with Gasteiger partial charge in [0.05, 0.1) is 27.2 Å². The fourth-order valence-electron chi connectivity index (χ4n) is 4.49. The first-order valence-electron chi connectivity index (χ1n) is 12.1. The van der Waals surface area contributed by atoms with Gasteiger partial charge in [0.25, 0.3) is 0 Å². The summed E-state index contributed by atoms with van der Waals surface area (Å²) < 4.78 is 8.35. The van der Waals surface area contributed by atoms with Gasteiger partial charge in [0.15, 0.2) is 11.4 Å². The molecule has 2 heterocycles.